The van der Waals surface area contributed by atoms with Crippen LogP contribution in [0, 0.1) is 11.2 Å². The van der Waals surface area contributed by atoms with Gasteiger partial charge in [0.1, 0.15) is 11.6 Å². The number of amides is 2. The molecule has 0 aliphatic carbocycles. The first-order valence-electron chi connectivity index (χ1n) is 11.3. The van der Waals surface area contributed by atoms with E-state index in [1.807, 2.05) is 63.8 Å². The van der Waals surface area contributed by atoms with Gasteiger partial charge in [0.25, 0.3) is 5.91 Å². The summed E-state index contributed by atoms with van der Waals surface area (Å²) in [5.74, 6) is 0.0808. The number of likely N-dealkylation sites (N-methyl/N-ethyl adjacent to an activating group) is 1. The number of nitrogens with one attached hydrogen (secondary N) is 1. The van der Waals surface area contributed by atoms with Crippen LogP contribution in [0.1, 0.15) is 63.8 Å². The first-order valence-corrected chi connectivity index (χ1v) is 11.3. The third-order valence-electron chi connectivity index (χ3n) is 5.71. The van der Waals surface area contributed by atoms with Crippen LogP contribution in [0.15, 0.2) is 42.5 Å². The predicted octanol–water partition coefficient (Wildman–Crippen LogP) is 4.64. The minimum absolute atomic E-state index is 0.0116. The molecule has 2 amide bonds. The summed E-state index contributed by atoms with van der Waals surface area (Å²) >= 11 is 0. The monoisotopic (exact) mass is 440 g/mol. The molecule has 0 fully saturated rings. The average Bonchev–Trinajstić information content (AvgIpc) is 2.75. The molecule has 6 heteroatoms. The van der Waals surface area contributed by atoms with E-state index in [-0.39, 0.29) is 17.6 Å². The zero-order chi connectivity index (χ0) is 23.5. The van der Waals surface area contributed by atoms with Crippen LogP contribution >= 0.6 is 0 Å². The Hall–Kier alpha value is -2.89. The molecule has 1 aliphatic rings. The maximum absolute atomic E-state index is 14.1. The summed E-state index contributed by atoms with van der Waals surface area (Å²) in [4.78, 5) is 27.5. The summed E-state index contributed by atoms with van der Waals surface area (Å²) in [6.07, 6.45) is 0.637. The highest BCUT2D eigenvalue weighted by molar-refractivity contribution is 5.83. The van der Waals surface area contributed by atoms with E-state index in [0.717, 1.165) is 16.7 Å². The molecule has 1 heterocycles. The zero-order valence-electron chi connectivity index (χ0n) is 19.6. The van der Waals surface area contributed by atoms with Crippen LogP contribution in [-0.4, -0.2) is 35.9 Å². The van der Waals surface area contributed by atoms with Crippen molar-refractivity contribution in [1.29, 1.82) is 0 Å². The summed E-state index contributed by atoms with van der Waals surface area (Å²) in [7, 11) is 0. The van der Waals surface area contributed by atoms with Gasteiger partial charge < -0.3 is 15.0 Å². The van der Waals surface area contributed by atoms with Gasteiger partial charge in [0, 0.05) is 18.5 Å². The maximum Gasteiger partial charge on any atom is 0.261 e. The molecule has 0 saturated heterocycles. The lowest BCUT2D eigenvalue weighted by Gasteiger charge is -2.41. The van der Waals surface area contributed by atoms with E-state index in [9.17, 15) is 14.0 Å². The van der Waals surface area contributed by atoms with Gasteiger partial charge in [-0.15, -0.1) is 0 Å². The van der Waals surface area contributed by atoms with Gasteiger partial charge in [-0.1, -0.05) is 45.9 Å². The topological polar surface area (TPSA) is 58.6 Å². The third kappa shape index (κ3) is 5.12. The molecule has 5 nitrogen and oxygen atoms in total. The molecular weight excluding hydrogens is 407 g/mol. The Morgan fingerprint density at radius 3 is 2.56 bits per heavy atom. The normalized spacial score (nSPS) is 16.8. The fourth-order valence-electron chi connectivity index (χ4n) is 4.13. The summed E-state index contributed by atoms with van der Waals surface area (Å²) in [5.41, 5.74) is 2.15. The van der Waals surface area contributed by atoms with Gasteiger partial charge in [-0.3, -0.25) is 9.59 Å². The van der Waals surface area contributed by atoms with E-state index in [0.29, 0.717) is 31.7 Å². The van der Waals surface area contributed by atoms with Crippen molar-refractivity contribution < 1.29 is 18.7 Å². The lowest BCUT2D eigenvalue weighted by Crippen LogP contribution is -2.45. The van der Waals surface area contributed by atoms with Gasteiger partial charge in [0.15, 0.2) is 6.10 Å². The van der Waals surface area contributed by atoms with E-state index in [1.165, 1.54) is 12.1 Å². The number of fused-ring (bicyclic) bond motifs is 1. The van der Waals surface area contributed by atoms with Crippen molar-refractivity contribution in [3.05, 3.63) is 65.0 Å². The molecule has 0 saturated carbocycles. The Bertz CT molecular complexity index is 983. The molecule has 1 aliphatic heterocycles. The standard InChI is InChI=1S/C26H33FN2O3/c1-6-22(24(30)28-7-2)32-20-12-11-17-13-14-29(25(31)26(3,4)5)23(21(17)16-20)18-9-8-10-19(27)15-18/h8-12,15-16,22-23H,6-7,13-14H2,1-5H3,(H,28,30)/t22-,23+/m0/s1. The predicted molar refractivity (Wildman–Crippen MR) is 123 cm³/mol. The number of nitrogens with zero attached hydrogens (tertiary/aromatic N) is 1. The zero-order valence-corrected chi connectivity index (χ0v) is 19.6. The molecule has 2 aromatic carbocycles. The van der Waals surface area contributed by atoms with Gasteiger partial charge in [-0.05, 0) is 60.7 Å². The molecule has 2 atom stereocenters. The van der Waals surface area contributed by atoms with Gasteiger partial charge in [0.2, 0.25) is 5.91 Å². The Kier molecular flexibility index (Phi) is 7.22. The van der Waals surface area contributed by atoms with E-state index >= 15 is 0 Å². The molecule has 172 valence electrons. The van der Waals surface area contributed by atoms with Crippen molar-refractivity contribution in [2.45, 2.75) is 59.6 Å². The van der Waals surface area contributed by atoms with Gasteiger partial charge >= 0.3 is 0 Å². The number of carbonyl (C=O) groups excluding carboxylic acids is 2. The number of hydrogen-bond donors (Lipinski definition) is 1. The molecule has 2 aromatic rings. The molecule has 3 rings (SSSR count). The Morgan fingerprint density at radius 2 is 1.94 bits per heavy atom. The number of halogens is 1. The highest BCUT2D eigenvalue weighted by Gasteiger charge is 2.37. The highest BCUT2D eigenvalue weighted by Crippen LogP contribution is 2.39. The van der Waals surface area contributed by atoms with Crippen LogP contribution in [0.25, 0.3) is 0 Å². The lowest BCUT2D eigenvalue weighted by atomic mass is 9.85. The quantitative estimate of drug-likeness (QED) is 0.712. The Morgan fingerprint density at radius 1 is 1.19 bits per heavy atom. The second-order valence-corrected chi connectivity index (χ2v) is 9.23. The number of rotatable bonds is 6. The van der Waals surface area contributed by atoms with Crippen molar-refractivity contribution >= 4 is 11.8 Å². The second kappa shape index (κ2) is 9.72. The van der Waals surface area contributed by atoms with Crippen molar-refractivity contribution in [2.75, 3.05) is 13.1 Å². The number of ether oxygens (including phenoxy) is 1. The van der Waals surface area contributed by atoms with Gasteiger partial charge in [-0.2, -0.15) is 0 Å². The molecule has 32 heavy (non-hydrogen) atoms. The molecule has 0 spiro atoms. The summed E-state index contributed by atoms with van der Waals surface area (Å²) in [6.45, 7) is 10.5. The molecule has 0 radical (unpaired) electrons. The summed E-state index contributed by atoms with van der Waals surface area (Å²) < 4.78 is 20.2. The third-order valence-corrected chi connectivity index (χ3v) is 5.71. The maximum atomic E-state index is 14.1. The van der Waals surface area contributed by atoms with Crippen LogP contribution in [0.4, 0.5) is 4.39 Å². The Labute approximate surface area is 190 Å². The summed E-state index contributed by atoms with van der Waals surface area (Å²) in [5, 5.41) is 2.80. The summed E-state index contributed by atoms with van der Waals surface area (Å²) in [6, 6.07) is 11.7. The Balaban J connectivity index is 2.04. The van der Waals surface area contributed by atoms with Crippen LogP contribution in [0.2, 0.25) is 0 Å². The first-order chi connectivity index (χ1) is 15.2. The average molecular weight is 441 g/mol. The fourth-order valence-corrected chi connectivity index (χ4v) is 4.13. The molecule has 0 bridgehead atoms. The fraction of sp³-hybridized carbons (Fsp3) is 0.462. The molecule has 0 aromatic heterocycles. The van der Waals surface area contributed by atoms with Crippen molar-refractivity contribution in [3.8, 4) is 5.75 Å². The molecule has 1 N–H and O–H groups in total. The van der Waals surface area contributed by atoms with E-state index in [1.54, 1.807) is 6.07 Å². The number of hydrogen-bond acceptors (Lipinski definition) is 3. The second-order valence-electron chi connectivity index (χ2n) is 9.23. The largest absolute Gasteiger partial charge is 0.481 e. The van der Waals surface area contributed by atoms with Crippen LogP contribution in [0.5, 0.6) is 5.75 Å². The lowest BCUT2D eigenvalue weighted by molar-refractivity contribution is -0.141. The highest BCUT2D eigenvalue weighted by atomic mass is 19.1. The van der Waals surface area contributed by atoms with E-state index in [4.69, 9.17) is 4.74 Å². The minimum atomic E-state index is -0.600. The van der Waals surface area contributed by atoms with Crippen molar-refractivity contribution in [2.24, 2.45) is 5.41 Å². The van der Waals surface area contributed by atoms with Gasteiger partial charge in [-0.25, -0.2) is 4.39 Å². The first kappa shape index (κ1) is 23.8. The van der Waals surface area contributed by atoms with Gasteiger partial charge in [0.05, 0.1) is 6.04 Å². The SMILES string of the molecule is CCNC(=O)[C@H](CC)Oc1ccc2c(c1)[C@@H](c1cccc(F)c1)N(C(=O)C(C)(C)C)CC2. The van der Waals surface area contributed by atoms with Crippen molar-refractivity contribution in [1.82, 2.24) is 10.2 Å². The van der Waals surface area contributed by atoms with Crippen LogP contribution < -0.4 is 10.1 Å². The smallest absolute Gasteiger partial charge is 0.261 e. The van der Waals surface area contributed by atoms with Crippen LogP contribution in [0.3, 0.4) is 0 Å². The van der Waals surface area contributed by atoms with Crippen LogP contribution in [-0.2, 0) is 16.0 Å². The van der Waals surface area contributed by atoms with E-state index in [2.05, 4.69) is 5.32 Å². The number of carbonyl (C=O) groups is 2. The molecule has 0 unspecified atom stereocenters. The number of benzene rings is 2. The molecular formula is C26H33FN2O3. The minimum Gasteiger partial charge on any atom is -0.481 e. The van der Waals surface area contributed by atoms with E-state index < -0.39 is 17.6 Å². The van der Waals surface area contributed by atoms with Crippen molar-refractivity contribution in [3.63, 3.8) is 0 Å².